The Kier molecular flexibility index (Phi) is 8.20. The SMILES string of the molecule is CC(C)C(=O)N(CC1CCCO1)C1CC(C(=O)NCCN)N(C(=O)c2ccc(F)cc2)C1. The average molecular weight is 449 g/mol. The zero-order valence-electron chi connectivity index (χ0n) is 18.8. The van der Waals surface area contributed by atoms with Gasteiger partial charge in [-0.05, 0) is 43.5 Å². The fourth-order valence-corrected chi connectivity index (χ4v) is 4.34. The average Bonchev–Trinajstić information content (AvgIpc) is 3.45. The summed E-state index contributed by atoms with van der Waals surface area (Å²) < 4.78 is 19.1. The topological polar surface area (TPSA) is 105 Å². The number of carbonyl (C=O) groups excluding carboxylic acids is 3. The van der Waals surface area contributed by atoms with Gasteiger partial charge < -0.3 is 25.6 Å². The first-order chi connectivity index (χ1) is 15.3. The lowest BCUT2D eigenvalue weighted by Gasteiger charge is -2.32. The quantitative estimate of drug-likeness (QED) is 0.621. The Morgan fingerprint density at radius 3 is 2.59 bits per heavy atom. The summed E-state index contributed by atoms with van der Waals surface area (Å²) in [5, 5.41) is 2.76. The van der Waals surface area contributed by atoms with Crippen molar-refractivity contribution in [1.29, 1.82) is 0 Å². The van der Waals surface area contributed by atoms with Crippen molar-refractivity contribution in [2.75, 3.05) is 32.8 Å². The lowest BCUT2D eigenvalue weighted by molar-refractivity contribution is -0.138. The van der Waals surface area contributed by atoms with Gasteiger partial charge in [-0.2, -0.15) is 0 Å². The molecule has 8 nitrogen and oxygen atoms in total. The normalized spacial score (nSPS) is 22.9. The van der Waals surface area contributed by atoms with Crippen LogP contribution in [0.25, 0.3) is 0 Å². The van der Waals surface area contributed by atoms with Crippen molar-refractivity contribution < 1.29 is 23.5 Å². The molecular weight excluding hydrogens is 415 g/mol. The molecule has 1 aromatic carbocycles. The number of halogens is 1. The van der Waals surface area contributed by atoms with E-state index in [4.69, 9.17) is 10.5 Å². The van der Waals surface area contributed by atoms with Gasteiger partial charge in [-0.15, -0.1) is 0 Å². The number of nitrogens with zero attached hydrogens (tertiary/aromatic N) is 2. The van der Waals surface area contributed by atoms with Crippen molar-refractivity contribution in [3.8, 4) is 0 Å². The Hall–Kier alpha value is -2.52. The molecule has 3 amide bonds. The highest BCUT2D eigenvalue weighted by Gasteiger charge is 2.44. The third kappa shape index (κ3) is 5.63. The Morgan fingerprint density at radius 1 is 1.28 bits per heavy atom. The molecule has 32 heavy (non-hydrogen) atoms. The zero-order chi connectivity index (χ0) is 23.3. The minimum atomic E-state index is -0.740. The summed E-state index contributed by atoms with van der Waals surface area (Å²) in [6.45, 7) is 5.60. The van der Waals surface area contributed by atoms with Gasteiger partial charge in [0, 0.05) is 44.3 Å². The third-order valence-electron chi connectivity index (χ3n) is 6.02. The number of nitrogens with two attached hydrogens (primary N) is 1. The number of hydrogen-bond donors (Lipinski definition) is 2. The molecule has 3 rings (SSSR count). The second-order valence-electron chi connectivity index (χ2n) is 8.73. The molecule has 2 fully saturated rings. The van der Waals surface area contributed by atoms with E-state index < -0.39 is 11.9 Å². The summed E-state index contributed by atoms with van der Waals surface area (Å²) in [5.41, 5.74) is 5.81. The van der Waals surface area contributed by atoms with Crippen LogP contribution in [-0.2, 0) is 14.3 Å². The molecule has 9 heteroatoms. The molecule has 0 aliphatic carbocycles. The Balaban J connectivity index is 1.85. The van der Waals surface area contributed by atoms with Crippen LogP contribution in [0.5, 0.6) is 0 Å². The van der Waals surface area contributed by atoms with Gasteiger partial charge in [-0.3, -0.25) is 14.4 Å². The molecule has 2 aliphatic rings. The number of ether oxygens (including phenoxy) is 1. The minimum absolute atomic E-state index is 0.0253. The standard InChI is InChI=1S/C23H33FN4O4/c1-15(2)22(30)27(14-19-4-3-11-32-19)18-12-20(21(29)26-10-9-25)28(13-18)23(31)16-5-7-17(24)8-6-16/h5-8,15,18-20H,3-4,9-14,25H2,1-2H3,(H,26,29). The summed E-state index contributed by atoms with van der Waals surface area (Å²) in [7, 11) is 0. The first-order valence-corrected chi connectivity index (χ1v) is 11.3. The number of likely N-dealkylation sites (tertiary alicyclic amines) is 1. The van der Waals surface area contributed by atoms with E-state index in [-0.39, 0.29) is 48.9 Å². The summed E-state index contributed by atoms with van der Waals surface area (Å²) >= 11 is 0. The highest BCUT2D eigenvalue weighted by Crippen LogP contribution is 2.27. The van der Waals surface area contributed by atoms with Gasteiger partial charge in [0.2, 0.25) is 11.8 Å². The van der Waals surface area contributed by atoms with Gasteiger partial charge in [0.1, 0.15) is 11.9 Å². The summed E-state index contributed by atoms with van der Waals surface area (Å²) in [4.78, 5) is 42.4. The van der Waals surface area contributed by atoms with Crippen LogP contribution in [0.3, 0.4) is 0 Å². The van der Waals surface area contributed by atoms with Crippen molar-refractivity contribution in [3.63, 3.8) is 0 Å². The van der Waals surface area contributed by atoms with E-state index >= 15 is 0 Å². The van der Waals surface area contributed by atoms with Crippen molar-refractivity contribution in [2.24, 2.45) is 11.7 Å². The molecule has 0 spiro atoms. The Bertz CT molecular complexity index is 811. The van der Waals surface area contributed by atoms with E-state index in [0.29, 0.717) is 31.7 Å². The maximum atomic E-state index is 13.3. The predicted octanol–water partition coefficient (Wildman–Crippen LogP) is 1.15. The molecule has 1 aromatic rings. The van der Waals surface area contributed by atoms with Gasteiger partial charge in [0.15, 0.2) is 0 Å². The number of benzene rings is 1. The first-order valence-electron chi connectivity index (χ1n) is 11.3. The lowest BCUT2D eigenvalue weighted by atomic mass is 10.1. The second kappa shape index (κ2) is 10.9. The van der Waals surface area contributed by atoms with Crippen LogP contribution in [0.15, 0.2) is 24.3 Å². The molecule has 3 N–H and O–H groups in total. The molecule has 0 aromatic heterocycles. The second-order valence-corrected chi connectivity index (χ2v) is 8.73. The molecule has 0 radical (unpaired) electrons. The van der Waals surface area contributed by atoms with Crippen LogP contribution in [0, 0.1) is 11.7 Å². The fourth-order valence-electron chi connectivity index (χ4n) is 4.34. The van der Waals surface area contributed by atoms with E-state index in [2.05, 4.69) is 5.32 Å². The summed E-state index contributed by atoms with van der Waals surface area (Å²) in [5.74, 6) is -1.36. The van der Waals surface area contributed by atoms with Crippen LogP contribution in [0.1, 0.15) is 43.5 Å². The number of nitrogens with one attached hydrogen (secondary N) is 1. The van der Waals surface area contributed by atoms with Gasteiger partial charge in [0.25, 0.3) is 5.91 Å². The van der Waals surface area contributed by atoms with E-state index in [1.165, 1.54) is 29.2 Å². The number of rotatable bonds is 8. The minimum Gasteiger partial charge on any atom is -0.376 e. The summed E-state index contributed by atoms with van der Waals surface area (Å²) in [6, 6.07) is 4.20. The van der Waals surface area contributed by atoms with Gasteiger partial charge in [-0.1, -0.05) is 13.8 Å². The number of carbonyl (C=O) groups is 3. The molecular formula is C23H33FN4O4. The first kappa shape index (κ1) is 24.1. The van der Waals surface area contributed by atoms with E-state index in [1.807, 2.05) is 13.8 Å². The molecule has 3 unspecified atom stereocenters. The third-order valence-corrected chi connectivity index (χ3v) is 6.02. The summed E-state index contributed by atoms with van der Waals surface area (Å²) in [6.07, 6.45) is 2.13. The molecule has 0 bridgehead atoms. The smallest absolute Gasteiger partial charge is 0.254 e. The van der Waals surface area contributed by atoms with Crippen molar-refractivity contribution in [2.45, 2.75) is 51.3 Å². The highest BCUT2D eigenvalue weighted by atomic mass is 19.1. The maximum absolute atomic E-state index is 13.3. The monoisotopic (exact) mass is 448 g/mol. The molecule has 2 saturated heterocycles. The molecule has 0 saturated carbocycles. The van der Waals surface area contributed by atoms with Crippen LogP contribution in [0.4, 0.5) is 4.39 Å². The van der Waals surface area contributed by atoms with Crippen molar-refractivity contribution in [1.82, 2.24) is 15.1 Å². The zero-order valence-corrected chi connectivity index (χ0v) is 18.8. The van der Waals surface area contributed by atoms with Crippen LogP contribution in [0.2, 0.25) is 0 Å². The number of amides is 3. The van der Waals surface area contributed by atoms with Crippen LogP contribution < -0.4 is 11.1 Å². The van der Waals surface area contributed by atoms with Crippen LogP contribution >= 0.6 is 0 Å². The van der Waals surface area contributed by atoms with Gasteiger partial charge in [-0.25, -0.2) is 4.39 Å². The molecule has 2 aliphatic heterocycles. The fraction of sp³-hybridized carbons (Fsp3) is 0.609. The van der Waals surface area contributed by atoms with Crippen molar-refractivity contribution >= 4 is 17.7 Å². The molecule has 3 atom stereocenters. The highest BCUT2D eigenvalue weighted by molar-refractivity contribution is 5.98. The van der Waals surface area contributed by atoms with Gasteiger partial charge >= 0.3 is 0 Å². The van der Waals surface area contributed by atoms with E-state index in [1.54, 1.807) is 4.90 Å². The maximum Gasteiger partial charge on any atom is 0.254 e. The molecule has 2 heterocycles. The van der Waals surface area contributed by atoms with Crippen molar-refractivity contribution in [3.05, 3.63) is 35.6 Å². The predicted molar refractivity (Wildman–Crippen MR) is 117 cm³/mol. The number of hydrogen-bond acceptors (Lipinski definition) is 5. The van der Waals surface area contributed by atoms with E-state index in [9.17, 15) is 18.8 Å². The largest absolute Gasteiger partial charge is 0.376 e. The van der Waals surface area contributed by atoms with Gasteiger partial charge in [0.05, 0.1) is 12.1 Å². The van der Waals surface area contributed by atoms with Crippen LogP contribution in [-0.4, -0.2) is 78.5 Å². The lowest BCUT2D eigenvalue weighted by Crippen LogP contribution is -2.48. The Labute approximate surface area is 188 Å². The van der Waals surface area contributed by atoms with E-state index in [0.717, 1.165) is 12.8 Å². The molecule has 176 valence electrons. The Morgan fingerprint density at radius 2 is 2.00 bits per heavy atom.